The highest BCUT2D eigenvalue weighted by Crippen LogP contribution is 2.25. The summed E-state index contributed by atoms with van der Waals surface area (Å²) in [5.74, 6) is 1.14. The number of rotatable bonds is 4. The van der Waals surface area contributed by atoms with Crippen molar-refractivity contribution in [3.63, 3.8) is 0 Å². The standard InChI is InChI=1S/C16H18N4O3/c1-22-14-5-3-2-4-12(14)19-15-11-17-13(10-18-15)16(21)20-6-8-23-9-7-20/h2-5,10-11H,6-9H2,1H3,(H,18,19). The summed E-state index contributed by atoms with van der Waals surface area (Å²) in [7, 11) is 1.61. The Kier molecular flexibility index (Phi) is 4.68. The Bertz CT molecular complexity index is 669. The highest BCUT2D eigenvalue weighted by atomic mass is 16.5. The average molecular weight is 314 g/mol. The molecular weight excluding hydrogens is 296 g/mol. The summed E-state index contributed by atoms with van der Waals surface area (Å²) in [5, 5.41) is 3.13. The number of hydrogen-bond acceptors (Lipinski definition) is 6. The van der Waals surface area contributed by atoms with E-state index in [1.165, 1.54) is 6.20 Å². The van der Waals surface area contributed by atoms with Crippen molar-refractivity contribution < 1.29 is 14.3 Å². The van der Waals surface area contributed by atoms with Crippen molar-refractivity contribution in [1.82, 2.24) is 14.9 Å². The summed E-state index contributed by atoms with van der Waals surface area (Å²) >= 11 is 0. The molecule has 1 aromatic carbocycles. The number of carbonyl (C=O) groups excluding carboxylic acids is 1. The minimum atomic E-state index is -0.121. The predicted octanol–water partition coefficient (Wildman–Crippen LogP) is 1.70. The zero-order chi connectivity index (χ0) is 16.1. The Morgan fingerprint density at radius 3 is 2.70 bits per heavy atom. The van der Waals surface area contributed by atoms with Crippen LogP contribution < -0.4 is 10.1 Å². The molecule has 1 saturated heterocycles. The Morgan fingerprint density at radius 1 is 1.22 bits per heavy atom. The third kappa shape index (κ3) is 3.57. The molecule has 2 aromatic rings. The van der Waals surface area contributed by atoms with E-state index in [0.717, 1.165) is 5.69 Å². The fraction of sp³-hybridized carbons (Fsp3) is 0.312. The van der Waals surface area contributed by atoms with Crippen molar-refractivity contribution in [2.24, 2.45) is 0 Å². The van der Waals surface area contributed by atoms with E-state index in [9.17, 15) is 4.79 Å². The Morgan fingerprint density at radius 2 is 2.00 bits per heavy atom. The summed E-state index contributed by atoms with van der Waals surface area (Å²) in [4.78, 5) is 22.5. The van der Waals surface area contributed by atoms with Gasteiger partial charge in [0.1, 0.15) is 17.3 Å². The van der Waals surface area contributed by atoms with Gasteiger partial charge in [-0.1, -0.05) is 12.1 Å². The summed E-state index contributed by atoms with van der Waals surface area (Å²) < 4.78 is 10.5. The number of amides is 1. The quantitative estimate of drug-likeness (QED) is 0.925. The lowest BCUT2D eigenvalue weighted by atomic mass is 10.3. The van der Waals surface area contributed by atoms with Crippen LogP contribution in [0.4, 0.5) is 11.5 Å². The second-order valence-electron chi connectivity index (χ2n) is 5.02. The second-order valence-corrected chi connectivity index (χ2v) is 5.02. The van der Waals surface area contributed by atoms with Crippen molar-refractivity contribution in [3.05, 3.63) is 42.4 Å². The van der Waals surface area contributed by atoms with Crippen LogP contribution in [-0.2, 0) is 4.74 Å². The van der Waals surface area contributed by atoms with Crippen molar-refractivity contribution in [3.8, 4) is 5.75 Å². The summed E-state index contributed by atoms with van der Waals surface area (Å²) in [5.41, 5.74) is 1.12. The summed E-state index contributed by atoms with van der Waals surface area (Å²) in [6.45, 7) is 2.29. The largest absolute Gasteiger partial charge is 0.495 e. The minimum Gasteiger partial charge on any atom is -0.495 e. The van der Waals surface area contributed by atoms with Crippen molar-refractivity contribution in [2.75, 3.05) is 38.7 Å². The van der Waals surface area contributed by atoms with Gasteiger partial charge in [-0.3, -0.25) is 4.79 Å². The predicted molar refractivity (Wildman–Crippen MR) is 85.0 cm³/mol. The Balaban J connectivity index is 1.70. The number of nitrogens with zero attached hydrogens (tertiary/aromatic N) is 3. The number of morpholine rings is 1. The van der Waals surface area contributed by atoms with Crippen molar-refractivity contribution in [2.45, 2.75) is 0 Å². The van der Waals surface area contributed by atoms with Crippen LogP contribution >= 0.6 is 0 Å². The third-order valence-corrected chi connectivity index (χ3v) is 3.54. The van der Waals surface area contributed by atoms with E-state index in [2.05, 4.69) is 15.3 Å². The molecule has 7 heteroatoms. The van der Waals surface area contributed by atoms with Crippen LogP contribution in [0.15, 0.2) is 36.7 Å². The number of anilines is 2. The van der Waals surface area contributed by atoms with E-state index in [1.54, 1.807) is 18.2 Å². The number of aromatic nitrogens is 2. The first-order valence-corrected chi connectivity index (χ1v) is 7.37. The zero-order valence-electron chi connectivity index (χ0n) is 12.9. The molecule has 0 atom stereocenters. The molecule has 7 nitrogen and oxygen atoms in total. The van der Waals surface area contributed by atoms with Gasteiger partial charge in [0.25, 0.3) is 5.91 Å². The molecule has 120 valence electrons. The average Bonchev–Trinajstić information content (AvgIpc) is 2.63. The molecule has 2 heterocycles. The van der Waals surface area contributed by atoms with E-state index in [1.807, 2.05) is 24.3 Å². The first-order chi connectivity index (χ1) is 11.3. The molecule has 1 aromatic heterocycles. The minimum absolute atomic E-state index is 0.121. The molecule has 0 radical (unpaired) electrons. The zero-order valence-corrected chi connectivity index (χ0v) is 12.9. The van der Waals surface area contributed by atoms with Gasteiger partial charge in [-0.15, -0.1) is 0 Å². The Labute approximate surface area is 134 Å². The van der Waals surface area contributed by atoms with Gasteiger partial charge in [-0.05, 0) is 12.1 Å². The molecule has 1 aliphatic rings. The van der Waals surface area contributed by atoms with E-state index < -0.39 is 0 Å². The number of para-hydroxylation sites is 2. The molecule has 1 N–H and O–H groups in total. The fourth-order valence-electron chi connectivity index (χ4n) is 2.32. The maximum absolute atomic E-state index is 12.3. The molecule has 0 spiro atoms. The van der Waals surface area contributed by atoms with Crippen LogP contribution in [-0.4, -0.2) is 54.2 Å². The third-order valence-electron chi connectivity index (χ3n) is 3.54. The van der Waals surface area contributed by atoms with Gasteiger partial charge in [0.05, 0.1) is 38.4 Å². The lowest BCUT2D eigenvalue weighted by Crippen LogP contribution is -2.41. The lowest BCUT2D eigenvalue weighted by Gasteiger charge is -2.26. The van der Waals surface area contributed by atoms with Gasteiger partial charge in [0.15, 0.2) is 0 Å². The van der Waals surface area contributed by atoms with E-state index >= 15 is 0 Å². The highest BCUT2D eigenvalue weighted by Gasteiger charge is 2.19. The number of nitrogens with one attached hydrogen (secondary N) is 1. The van der Waals surface area contributed by atoms with Gasteiger partial charge in [-0.2, -0.15) is 0 Å². The number of ether oxygens (including phenoxy) is 2. The Hall–Kier alpha value is -2.67. The molecule has 0 unspecified atom stereocenters. The maximum atomic E-state index is 12.3. The molecule has 0 bridgehead atoms. The molecule has 0 aliphatic carbocycles. The van der Waals surface area contributed by atoms with Gasteiger partial charge >= 0.3 is 0 Å². The first kappa shape index (κ1) is 15.2. The van der Waals surface area contributed by atoms with Crippen LogP contribution in [0, 0.1) is 0 Å². The smallest absolute Gasteiger partial charge is 0.274 e. The molecule has 1 fully saturated rings. The second kappa shape index (κ2) is 7.06. The van der Waals surface area contributed by atoms with Crippen LogP contribution in [0.2, 0.25) is 0 Å². The lowest BCUT2D eigenvalue weighted by molar-refractivity contribution is 0.0298. The van der Waals surface area contributed by atoms with Crippen LogP contribution in [0.3, 0.4) is 0 Å². The van der Waals surface area contributed by atoms with Gasteiger partial charge in [0, 0.05) is 13.1 Å². The SMILES string of the molecule is COc1ccccc1Nc1cnc(C(=O)N2CCOCC2)cn1. The first-order valence-electron chi connectivity index (χ1n) is 7.37. The van der Waals surface area contributed by atoms with E-state index in [4.69, 9.17) is 9.47 Å². The normalized spacial score (nSPS) is 14.4. The van der Waals surface area contributed by atoms with Gasteiger partial charge < -0.3 is 19.7 Å². The van der Waals surface area contributed by atoms with Crippen LogP contribution in [0.25, 0.3) is 0 Å². The van der Waals surface area contributed by atoms with Crippen molar-refractivity contribution in [1.29, 1.82) is 0 Å². The molecule has 3 rings (SSSR count). The number of carbonyl (C=O) groups is 1. The molecule has 0 saturated carbocycles. The number of hydrogen-bond donors (Lipinski definition) is 1. The van der Waals surface area contributed by atoms with Gasteiger partial charge in [0.2, 0.25) is 0 Å². The van der Waals surface area contributed by atoms with Crippen LogP contribution in [0.1, 0.15) is 10.5 Å². The van der Waals surface area contributed by atoms with E-state index in [-0.39, 0.29) is 5.91 Å². The number of methoxy groups -OCH3 is 1. The van der Waals surface area contributed by atoms with Gasteiger partial charge in [-0.25, -0.2) is 9.97 Å². The molecule has 1 aliphatic heterocycles. The van der Waals surface area contributed by atoms with E-state index in [0.29, 0.717) is 43.6 Å². The number of benzene rings is 1. The van der Waals surface area contributed by atoms with Crippen molar-refractivity contribution >= 4 is 17.4 Å². The summed E-state index contributed by atoms with van der Waals surface area (Å²) in [6, 6.07) is 7.52. The fourth-order valence-corrected chi connectivity index (χ4v) is 2.32. The van der Waals surface area contributed by atoms with Crippen LogP contribution in [0.5, 0.6) is 5.75 Å². The monoisotopic (exact) mass is 314 g/mol. The molecule has 23 heavy (non-hydrogen) atoms. The highest BCUT2D eigenvalue weighted by molar-refractivity contribution is 5.92. The molecular formula is C16H18N4O3. The summed E-state index contributed by atoms with van der Waals surface area (Å²) in [6.07, 6.45) is 3.02. The topological polar surface area (TPSA) is 76.6 Å². The molecule has 1 amide bonds. The maximum Gasteiger partial charge on any atom is 0.274 e.